The van der Waals surface area contributed by atoms with Crippen LogP contribution in [0.4, 0.5) is 5.69 Å². The van der Waals surface area contributed by atoms with Crippen molar-refractivity contribution in [2.45, 2.75) is 12.5 Å². The number of benzene rings is 3. The van der Waals surface area contributed by atoms with Crippen molar-refractivity contribution in [1.29, 1.82) is 0 Å². The Hall–Kier alpha value is -3.13. The van der Waals surface area contributed by atoms with Crippen LogP contribution in [0, 0.1) is 0 Å². The molecule has 0 unspecified atom stereocenters. The summed E-state index contributed by atoms with van der Waals surface area (Å²) in [6.07, 6.45) is 0.196. The van der Waals surface area contributed by atoms with Crippen LogP contribution in [-0.4, -0.2) is 28.9 Å². The zero-order chi connectivity index (χ0) is 21.5. The summed E-state index contributed by atoms with van der Waals surface area (Å²) in [5.74, 6) is -2.08. The van der Waals surface area contributed by atoms with Crippen molar-refractivity contribution >= 4 is 23.5 Å². The topological polar surface area (TPSA) is 119 Å². The minimum absolute atomic E-state index is 0. The van der Waals surface area contributed by atoms with E-state index in [1.54, 1.807) is 42.5 Å². The minimum Gasteiger partial charge on any atom is -0.545 e. The predicted octanol–water partition coefficient (Wildman–Crippen LogP) is -1.26. The number of nitrogens with one attached hydrogen (secondary N) is 2. The largest absolute Gasteiger partial charge is 1.00 e. The number of amides is 2. The number of phenolic OH excluding ortho intramolecular Hbond substituents is 1. The van der Waals surface area contributed by atoms with Gasteiger partial charge in [0, 0.05) is 17.7 Å². The quantitative estimate of drug-likeness (QED) is 0.408. The van der Waals surface area contributed by atoms with Gasteiger partial charge in [-0.05, 0) is 47.5 Å². The van der Waals surface area contributed by atoms with Gasteiger partial charge in [0.15, 0.2) is 0 Å². The van der Waals surface area contributed by atoms with Crippen LogP contribution in [0.3, 0.4) is 0 Å². The summed E-state index contributed by atoms with van der Waals surface area (Å²) in [6.45, 7) is 0. The molecule has 1 atom stereocenters. The summed E-state index contributed by atoms with van der Waals surface area (Å²) in [5.41, 5.74) is 1.54. The molecule has 0 aliphatic rings. The molecule has 8 heteroatoms. The van der Waals surface area contributed by atoms with Crippen molar-refractivity contribution < 1.29 is 54.2 Å². The second-order valence-electron chi connectivity index (χ2n) is 6.62. The zero-order valence-corrected chi connectivity index (χ0v) is 18.9. The second-order valence-corrected chi connectivity index (χ2v) is 6.62. The van der Waals surface area contributed by atoms with Gasteiger partial charge in [-0.15, -0.1) is 0 Å². The zero-order valence-electron chi connectivity index (χ0n) is 16.9. The SMILES string of the molecule is O=C([O-])c1ccc(NC(=O)[C@@H](Cc2ccc(O)cc2)NC(=O)c2ccccc2)cc1.[Na+]. The number of hydrogen-bond acceptors (Lipinski definition) is 5. The Morgan fingerprint density at radius 1 is 0.839 bits per heavy atom. The van der Waals surface area contributed by atoms with Gasteiger partial charge < -0.3 is 25.6 Å². The van der Waals surface area contributed by atoms with E-state index >= 15 is 0 Å². The van der Waals surface area contributed by atoms with Crippen molar-refractivity contribution in [3.63, 3.8) is 0 Å². The minimum atomic E-state index is -1.31. The number of anilines is 1. The van der Waals surface area contributed by atoms with Gasteiger partial charge in [-0.3, -0.25) is 9.59 Å². The molecule has 0 heterocycles. The normalized spacial score (nSPS) is 11.0. The smallest absolute Gasteiger partial charge is 0.545 e. The first-order valence-electron chi connectivity index (χ1n) is 9.18. The van der Waals surface area contributed by atoms with Crippen LogP contribution >= 0.6 is 0 Å². The molecule has 0 saturated heterocycles. The van der Waals surface area contributed by atoms with Gasteiger partial charge in [0.2, 0.25) is 5.91 Å². The van der Waals surface area contributed by atoms with Crippen molar-refractivity contribution in [3.8, 4) is 5.75 Å². The van der Waals surface area contributed by atoms with Crippen molar-refractivity contribution in [3.05, 3.63) is 95.6 Å². The maximum atomic E-state index is 12.9. The number of carbonyl (C=O) groups is 3. The molecule has 0 aromatic heterocycles. The van der Waals surface area contributed by atoms with Crippen LogP contribution in [0.1, 0.15) is 26.3 Å². The van der Waals surface area contributed by atoms with Crippen LogP contribution in [0.5, 0.6) is 5.75 Å². The molecular weight excluding hydrogens is 407 g/mol. The van der Waals surface area contributed by atoms with Gasteiger partial charge in [-0.2, -0.15) is 0 Å². The number of hydrogen-bond donors (Lipinski definition) is 3. The summed E-state index contributed by atoms with van der Waals surface area (Å²) in [4.78, 5) is 36.3. The molecule has 0 aliphatic carbocycles. The van der Waals surface area contributed by atoms with Crippen molar-refractivity contribution in [2.24, 2.45) is 0 Å². The first kappa shape index (κ1) is 24.1. The Balaban J connectivity index is 0.00000341. The summed E-state index contributed by atoms with van der Waals surface area (Å²) in [6, 6.07) is 19.5. The molecule has 0 fully saturated rings. The Bertz CT molecular complexity index is 1040. The Morgan fingerprint density at radius 3 is 2.03 bits per heavy atom. The van der Waals surface area contributed by atoms with E-state index in [1.165, 1.54) is 36.4 Å². The van der Waals surface area contributed by atoms with Gasteiger partial charge in [0.25, 0.3) is 5.91 Å². The molecule has 31 heavy (non-hydrogen) atoms. The monoisotopic (exact) mass is 426 g/mol. The molecular formula is C23H19N2NaO5. The van der Waals surface area contributed by atoms with Gasteiger partial charge in [-0.25, -0.2) is 0 Å². The number of rotatable bonds is 7. The van der Waals surface area contributed by atoms with E-state index in [0.29, 0.717) is 11.3 Å². The van der Waals surface area contributed by atoms with E-state index < -0.39 is 23.8 Å². The van der Waals surface area contributed by atoms with E-state index in [9.17, 15) is 24.6 Å². The fraction of sp³-hybridized carbons (Fsp3) is 0.0870. The fourth-order valence-corrected chi connectivity index (χ4v) is 2.83. The van der Waals surface area contributed by atoms with E-state index in [1.807, 2.05) is 0 Å². The molecule has 3 aromatic carbocycles. The Kier molecular flexibility index (Phi) is 8.81. The number of carboxylic acid groups (broad SMARTS) is 1. The molecule has 0 saturated carbocycles. The van der Waals surface area contributed by atoms with Crippen LogP contribution in [0.2, 0.25) is 0 Å². The maximum absolute atomic E-state index is 12.9. The number of carboxylic acids is 1. The second kappa shape index (κ2) is 11.3. The summed E-state index contributed by atoms with van der Waals surface area (Å²) < 4.78 is 0. The van der Waals surface area contributed by atoms with Crippen LogP contribution in [0.15, 0.2) is 78.9 Å². The molecule has 0 radical (unpaired) electrons. The predicted molar refractivity (Wildman–Crippen MR) is 109 cm³/mol. The van der Waals surface area contributed by atoms with E-state index in [4.69, 9.17) is 0 Å². The third-order valence-corrected chi connectivity index (χ3v) is 4.42. The van der Waals surface area contributed by atoms with Crippen molar-refractivity contribution in [1.82, 2.24) is 5.32 Å². The molecule has 152 valence electrons. The summed E-state index contributed by atoms with van der Waals surface area (Å²) in [5, 5.41) is 25.7. The Morgan fingerprint density at radius 2 is 1.45 bits per heavy atom. The van der Waals surface area contributed by atoms with E-state index in [0.717, 1.165) is 5.56 Å². The van der Waals surface area contributed by atoms with Crippen LogP contribution < -0.4 is 45.3 Å². The van der Waals surface area contributed by atoms with Gasteiger partial charge in [0.05, 0.1) is 5.97 Å². The molecule has 3 N–H and O–H groups in total. The third-order valence-electron chi connectivity index (χ3n) is 4.42. The number of aromatic carboxylic acids is 1. The van der Waals surface area contributed by atoms with Crippen LogP contribution in [0.25, 0.3) is 0 Å². The number of phenols is 1. The molecule has 3 aromatic rings. The summed E-state index contributed by atoms with van der Waals surface area (Å²) >= 11 is 0. The molecule has 3 rings (SSSR count). The standard InChI is InChI=1S/C23H20N2O5.Na/c26-19-12-6-15(7-13-19)14-20(25-21(27)16-4-2-1-3-5-16)22(28)24-18-10-8-17(9-11-18)23(29)30;/h1-13,20,26H,14H2,(H,24,28)(H,25,27)(H,29,30);/q;+1/p-1/t20-;/m1./s1. The van der Waals surface area contributed by atoms with Crippen LogP contribution in [-0.2, 0) is 11.2 Å². The fourth-order valence-electron chi connectivity index (χ4n) is 2.83. The molecule has 2 amide bonds. The number of aromatic hydroxyl groups is 1. The van der Waals surface area contributed by atoms with Gasteiger partial charge in [0.1, 0.15) is 11.8 Å². The average molecular weight is 426 g/mol. The van der Waals surface area contributed by atoms with Gasteiger partial charge in [-0.1, -0.05) is 42.5 Å². The average Bonchev–Trinajstić information content (AvgIpc) is 2.75. The first-order chi connectivity index (χ1) is 14.4. The molecule has 0 bridgehead atoms. The third kappa shape index (κ3) is 6.96. The molecule has 7 nitrogen and oxygen atoms in total. The van der Waals surface area contributed by atoms with E-state index in [-0.39, 0.29) is 47.3 Å². The van der Waals surface area contributed by atoms with E-state index in [2.05, 4.69) is 10.6 Å². The molecule has 0 aliphatic heterocycles. The Labute approximate surface area is 201 Å². The summed E-state index contributed by atoms with van der Waals surface area (Å²) in [7, 11) is 0. The maximum Gasteiger partial charge on any atom is 1.00 e. The van der Waals surface area contributed by atoms with Gasteiger partial charge >= 0.3 is 29.6 Å². The number of carbonyl (C=O) groups excluding carboxylic acids is 3. The van der Waals surface area contributed by atoms with Crippen molar-refractivity contribution in [2.75, 3.05) is 5.32 Å². The molecule has 0 spiro atoms. The first-order valence-corrected chi connectivity index (χ1v) is 9.18.